The number of nitro benzene ring substituents is 1. The van der Waals surface area contributed by atoms with Crippen LogP contribution in [-0.2, 0) is 19.1 Å². The van der Waals surface area contributed by atoms with Crippen LogP contribution in [0.3, 0.4) is 0 Å². The first kappa shape index (κ1) is 18.3. The number of nitrogens with zero attached hydrogens (tertiary/aromatic N) is 3. The number of imide groups is 1. The summed E-state index contributed by atoms with van der Waals surface area (Å²) in [5, 5.41) is 11.7. The van der Waals surface area contributed by atoms with Crippen LogP contribution in [0.15, 0.2) is 30.4 Å². The third-order valence-corrected chi connectivity index (χ3v) is 6.41. The number of fused-ring (bicyclic) bond motifs is 5. The van der Waals surface area contributed by atoms with Crippen LogP contribution in [0.25, 0.3) is 0 Å². The van der Waals surface area contributed by atoms with Crippen molar-refractivity contribution in [1.29, 1.82) is 0 Å². The van der Waals surface area contributed by atoms with Crippen molar-refractivity contribution < 1.29 is 24.0 Å². The number of amides is 2. The predicted octanol–water partition coefficient (Wildman–Crippen LogP) is 1.72. The second-order valence-electron chi connectivity index (χ2n) is 7.99. The molecule has 4 atom stereocenters. The van der Waals surface area contributed by atoms with Crippen molar-refractivity contribution in [2.75, 3.05) is 36.6 Å². The maximum atomic E-state index is 13.0. The molecule has 0 N–H and O–H groups in total. The first-order valence-electron chi connectivity index (χ1n) is 9.74. The molecule has 0 radical (unpaired) electrons. The van der Waals surface area contributed by atoms with Gasteiger partial charge in [0, 0.05) is 13.1 Å². The molecule has 1 saturated carbocycles. The highest BCUT2D eigenvalue weighted by Crippen LogP contribution is 2.53. The minimum absolute atomic E-state index is 0.0956. The van der Waals surface area contributed by atoms with Gasteiger partial charge in [0.25, 0.3) is 5.69 Å². The second-order valence-corrected chi connectivity index (χ2v) is 7.99. The van der Waals surface area contributed by atoms with Crippen LogP contribution in [0.1, 0.15) is 6.42 Å². The Kier molecular flexibility index (Phi) is 4.18. The first-order chi connectivity index (χ1) is 14.0. The van der Waals surface area contributed by atoms with E-state index in [2.05, 4.69) is 0 Å². The van der Waals surface area contributed by atoms with Crippen molar-refractivity contribution in [3.05, 3.63) is 40.5 Å². The third kappa shape index (κ3) is 2.76. The van der Waals surface area contributed by atoms with Gasteiger partial charge >= 0.3 is 0 Å². The summed E-state index contributed by atoms with van der Waals surface area (Å²) in [5.41, 5.74) is 0.464. The summed E-state index contributed by atoms with van der Waals surface area (Å²) in [6.45, 7) is 1.33. The van der Waals surface area contributed by atoms with E-state index in [0.717, 1.165) is 11.3 Å². The number of hydrogen-bond acceptors (Lipinski definition) is 7. The van der Waals surface area contributed by atoms with Crippen molar-refractivity contribution in [3.8, 4) is 0 Å². The smallest absolute Gasteiger partial charge is 0.294 e. The van der Waals surface area contributed by atoms with Gasteiger partial charge in [-0.25, -0.2) is 4.90 Å². The fourth-order valence-corrected chi connectivity index (χ4v) is 5.11. The Hall–Kier alpha value is -2.78. The lowest BCUT2D eigenvalue weighted by Gasteiger charge is -2.23. The van der Waals surface area contributed by atoms with Gasteiger partial charge in [-0.1, -0.05) is 12.2 Å². The number of anilines is 2. The first-order valence-corrected chi connectivity index (χ1v) is 9.74. The molecule has 2 saturated heterocycles. The Morgan fingerprint density at radius 1 is 1.14 bits per heavy atom. The van der Waals surface area contributed by atoms with E-state index in [9.17, 15) is 19.7 Å². The molecular formula is C20H21N3O6. The van der Waals surface area contributed by atoms with Gasteiger partial charge in [0.15, 0.2) is 6.29 Å². The lowest BCUT2D eigenvalue weighted by atomic mass is 9.85. The van der Waals surface area contributed by atoms with E-state index in [1.54, 1.807) is 24.1 Å². The highest BCUT2D eigenvalue weighted by atomic mass is 16.7. The van der Waals surface area contributed by atoms with Crippen molar-refractivity contribution in [1.82, 2.24) is 0 Å². The molecule has 0 aromatic heterocycles. The van der Waals surface area contributed by atoms with E-state index in [4.69, 9.17) is 9.47 Å². The van der Waals surface area contributed by atoms with Gasteiger partial charge < -0.3 is 14.4 Å². The summed E-state index contributed by atoms with van der Waals surface area (Å²) in [7, 11) is 1.72. The Balaban J connectivity index is 1.44. The van der Waals surface area contributed by atoms with E-state index in [1.165, 1.54) is 6.07 Å². The average molecular weight is 399 g/mol. The zero-order valence-corrected chi connectivity index (χ0v) is 15.9. The summed E-state index contributed by atoms with van der Waals surface area (Å²) in [5.74, 6) is -0.984. The van der Waals surface area contributed by atoms with Crippen molar-refractivity contribution in [2.24, 2.45) is 23.7 Å². The van der Waals surface area contributed by atoms with Gasteiger partial charge in [0.2, 0.25) is 11.8 Å². The van der Waals surface area contributed by atoms with Crippen molar-refractivity contribution in [2.45, 2.75) is 12.7 Å². The molecule has 4 aliphatic rings. The fraction of sp³-hybridized carbons (Fsp3) is 0.500. The molecule has 2 aliphatic heterocycles. The van der Waals surface area contributed by atoms with Gasteiger partial charge in [0.1, 0.15) is 5.69 Å². The normalized spacial score (nSPS) is 30.4. The lowest BCUT2D eigenvalue weighted by molar-refractivity contribution is -0.384. The molecule has 2 bridgehead atoms. The molecule has 1 aromatic carbocycles. The molecule has 2 aliphatic carbocycles. The van der Waals surface area contributed by atoms with Crippen molar-refractivity contribution >= 4 is 28.9 Å². The Morgan fingerprint density at radius 3 is 2.34 bits per heavy atom. The third-order valence-electron chi connectivity index (χ3n) is 6.41. The van der Waals surface area contributed by atoms with Crippen LogP contribution in [0, 0.1) is 33.8 Å². The Morgan fingerprint density at radius 2 is 1.76 bits per heavy atom. The van der Waals surface area contributed by atoms with Crippen LogP contribution in [0.4, 0.5) is 17.1 Å². The van der Waals surface area contributed by atoms with Crippen LogP contribution < -0.4 is 9.80 Å². The number of benzene rings is 1. The van der Waals surface area contributed by atoms with E-state index in [0.29, 0.717) is 25.4 Å². The number of likely N-dealkylation sites (N-methyl/N-ethyl adjacent to an activating group) is 1. The van der Waals surface area contributed by atoms with Crippen LogP contribution >= 0.6 is 0 Å². The molecule has 0 unspecified atom stereocenters. The van der Waals surface area contributed by atoms with Gasteiger partial charge in [-0.15, -0.1) is 0 Å². The molecule has 0 spiro atoms. The zero-order chi connectivity index (χ0) is 20.3. The number of carbonyl (C=O) groups excluding carboxylic acids is 2. The van der Waals surface area contributed by atoms with Crippen LogP contribution in [0.2, 0.25) is 0 Å². The Bertz CT molecular complexity index is 895. The summed E-state index contributed by atoms with van der Waals surface area (Å²) in [4.78, 5) is 40.0. The van der Waals surface area contributed by atoms with Gasteiger partial charge in [-0.3, -0.25) is 19.7 Å². The quantitative estimate of drug-likeness (QED) is 0.321. The van der Waals surface area contributed by atoms with Crippen LogP contribution in [0.5, 0.6) is 0 Å². The molecule has 152 valence electrons. The minimum Gasteiger partial charge on any atom is -0.364 e. The maximum absolute atomic E-state index is 13.0. The van der Waals surface area contributed by atoms with Gasteiger partial charge in [-0.2, -0.15) is 0 Å². The van der Waals surface area contributed by atoms with Gasteiger partial charge in [0.05, 0.1) is 42.2 Å². The highest BCUT2D eigenvalue weighted by Gasteiger charge is 2.59. The molecule has 2 heterocycles. The molecule has 5 rings (SSSR count). The standard InChI is InChI=1S/C20H21N3O6/c1-21(10-16-28-6-7-29-16)14-5-4-13(9-15(14)23(26)27)22-19(24)17-11-2-3-12(8-11)18(17)20(22)25/h2-5,9,11-12,16-18H,6-8,10H2,1H3/t11-,12-,17+,18+/m0/s1. The monoisotopic (exact) mass is 399 g/mol. The van der Waals surface area contributed by atoms with Gasteiger partial charge in [-0.05, 0) is 30.4 Å². The summed E-state index contributed by atoms with van der Waals surface area (Å²) < 4.78 is 10.8. The molecule has 29 heavy (non-hydrogen) atoms. The summed E-state index contributed by atoms with van der Waals surface area (Å²) in [6, 6.07) is 4.49. The van der Waals surface area contributed by atoms with E-state index in [-0.39, 0.29) is 46.9 Å². The maximum Gasteiger partial charge on any atom is 0.294 e. The summed E-state index contributed by atoms with van der Waals surface area (Å²) >= 11 is 0. The molecular weight excluding hydrogens is 378 g/mol. The number of allylic oxidation sites excluding steroid dienone is 2. The largest absolute Gasteiger partial charge is 0.364 e. The molecule has 2 amide bonds. The topological polar surface area (TPSA) is 102 Å². The number of hydrogen-bond donors (Lipinski definition) is 0. The second kappa shape index (κ2) is 6.64. The van der Waals surface area contributed by atoms with E-state index >= 15 is 0 Å². The predicted molar refractivity (Wildman–Crippen MR) is 102 cm³/mol. The Labute approximate surface area is 167 Å². The minimum atomic E-state index is -0.497. The molecule has 1 aromatic rings. The number of nitro groups is 1. The van der Waals surface area contributed by atoms with E-state index in [1.807, 2.05) is 12.2 Å². The van der Waals surface area contributed by atoms with E-state index < -0.39 is 11.2 Å². The van der Waals surface area contributed by atoms with Crippen molar-refractivity contribution in [3.63, 3.8) is 0 Å². The summed E-state index contributed by atoms with van der Waals surface area (Å²) in [6.07, 6.45) is 4.45. The van der Waals surface area contributed by atoms with Crippen LogP contribution in [-0.4, -0.2) is 49.8 Å². The number of ether oxygens (including phenoxy) is 2. The zero-order valence-electron chi connectivity index (χ0n) is 15.9. The number of carbonyl (C=O) groups is 2. The SMILES string of the molecule is CN(CC1OCCO1)c1ccc(N2C(=O)[C@H]3[C@H](C2=O)[C@H]2C=C[C@H]3C2)cc1[N+](=O)[O-]. The molecule has 9 heteroatoms. The molecule has 9 nitrogen and oxygen atoms in total. The average Bonchev–Trinajstić information content (AvgIpc) is 3.47. The molecule has 3 fully saturated rings. The lowest BCUT2D eigenvalue weighted by Crippen LogP contribution is -2.33. The highest BCUT2D eigenvalue weighted by molar-refractivity contribution is 6.23. The number of rotatable bonds is 5. The fourth-order valence-electron chi connectivity index (χ4n) is 5.11.